The van der Waals surface area contributed by atoms with Crippen molar-refractivity contribution in [1.82, 2.24) is 5.32 Å². The van der Waals surface area contributed by atoms with Crippen molar-refractivity contribution in [3.63, 3.8) is 0 Å². The van der Waals surface area contributed by atoms with E-state index < -0.39 is 0 Å². The minimum absolute atomic E-state index is 0.336. The molecule has 0 aliphatic heterocycles. The second kappa shape index (κ2) is 5.87. The van der Waals surface area contributed by atoms with Crippen LogP contribution in [0, 0.1) is 20.8 Å². The summed E-state index contributed by atoms with van der Waals surface area (Å²) in [5.74, 6) is 0. The molecule has 0 aliphatic rings. The Morgan fingerprint density at radius 1 is 1.11 bits per heavy atom. The Bertz CT molecular complexity index is 457. The number of thiophene rings is 2. The molecule has 0 radical (unpaired) electrons. The molecule has 0 amide bonds. The van der Waals surface area contributed by atoms with Gasteiger partial charge in [0, 0.05) is 14.6 Å². The third kappa shape index (κ3) is 2.87. The number of halogens is 1. The van der Waals surface area contributed by atoms with Crippen molar-refractivity contribution in [3.8, 4) is 0 Å². The first-order valence-electron chi connectivity index (χ1n) is 6.09. The van der Waals surface area contributed by atoms with Crippen LogP contribution in [0.3, 0.4) is 0 Å². The highest BCUT2D eigenvalue weighted by molar-refractivity contribution is 9.11. The lowest BCUT2D eigenvalue weighted by atomic mass is 10.1. The summed E-state index contributed by atoms with van der Waals surface area (Å²) in [4.78, 5) is 4.23. The van der Waals surface area contributed by atoms with Crippen LogP contribution in [0.4, 0.5) is 0 Å². The van der Waals surface area contributed by atoms with Gasteiger partial charge in [0.2, 0.25) is 0 Å². The normalized spacial score (nSPS) is 12.9. The van der Waals surface area contributed by atoms with Gasteiger partial charge in [0.15, 0.2) is 0 Å². The maximum absolute atomic E-state index is 3.62. The first-order valence-corrected chi connectivity index (χ1v) is 8.51. The predicted octanol–water partition coefficient (Wildman–Crippen LogP) is 5.20. The third-order valence-electron chi connectivity index (χ3n) is 3.04. The highest BCUT2D eigenvalue weighted by Crippen LogP contribution is 2.37. The first kappa shape index (κ1) is 14.3. The van der Waals surface area contributed by atoms with E-state index in [0.717, 1.165) is 6.54 Å². The molecular formula is C14H18BrNS2. The van der Waals surface area contributed by atoms with Gasteiger partial charge in [-0.25, -0.2) is 0 Å². The topological polar surface area (TPSA) is 12.0 Å². The second-order valence-electron chi connectivity index (χ2n) is 4.48. The maximum atomic E-state index is 3.62. The molecule has 2 heterocycles. The summed E-state index contributed by atoms with van der Waals surface area (Å²) in [5, 5.41) is 3.60. The maximum Gasteiger partial charge on any atom is 0.0765 e. The molecule has 0 spiro atoms. The summed E-state index contributed by atoms with van der Waals surface area (Å²) in [6, 6.07) is 4.94. The van der Waals surface area contributed by atoms with Crippen LogP contribution < -0.4 is 5.32 Å². The van der Waals surface area contributed by atoms with Crippen molar-refractivity contribution in [2.24, 2.45) is 0 Å². The Labute approximate surface area is 125 Å². The van der Waals surface area contributed by atoms with Crippen LogP contribution in [-0.4, -0.2) is 6.54 Å². The summed E-state index contributed by atoms with van der Waals surface area (Å²) in [6.07, 6.45) is 0. The van der Waals surface area contributed by atoms with Gasteiger partial charge in [-0.1, -0.05) is 6.92 Å². The van der Waals surface area contributed by atoms with Crippen LogP contribution in [0.2, 0.25) is 0 Å². The van der Waals surface area contributed by atoms with Crippen molar-refractivity contribution < 1.29 is 0 Å². The molecule has 0 saturated carbocycles. The number of nitrogens with one attached hydrogen (secondary N) is 1. The zero-order valence-electron chi connectivity index (χ0n) is 11.1. The minimum atomic E-state index is 0.336. The monoisotopic (exact) mass is 343 g/mol. The molecule has 1 unspecified atom stereocenters. The van der Waals surface area contributed by atoms with Gasteiger partial charge < -0.3 is 5.32 Å². The molecule has 2 rings (SSSR count). The molecule has 4 heteroatoms. The Morgan fingerprint density at radius 2 is 1.72 bits per heavy atom. The minimum Gasteiger partial charge on any atom is -0.305 e. The summed E-state index contributed by atoms with van der Waals surface area (Å²) in [6.45, 7) is 9.68. The SMILES string of the molecule is CCNC(c1cc(C)c(C)s1)c1cc(C)c(Br)s1. The molecule has 98 valence electrons. The second-order valence-corrected chi connectivity index (χ2v) is 8.17. The Hall–Kier alpha value is -0.160. The lowest BCUT2D eigenvalue weighted by Gasteiger charge is -2.14. The smallest absolute Gasteiger partial charge is 0.0765 e. The van der Waals surface area contributed by atoms with Crippen LogP contribution in [0.15, 0.2) is 15.9 Å². The van der Waals surface area contributed by atoms with E-state index in [1.807, 2.05) is 22.7 Å². The predicted molar refractivity (Wildman–Crippen MR) is 86.1 cm³/mol. The van der Waals surface area contributed by atoms with Crippen LogP contribution in [-0.2, 0) is 0 Å². The Morgan fingerprint density at radius 3 is 2.17 bits per heavy atom. The van der Waals surface area contributed by atoms with E-state index in [9.17, 15) is 0 Å². The van der Waals surface area contributed by atoms with Gasteiger partial charge in [0.25, 0.3) is 0 Å². The average Bonchev–Trinajstić information content (AvgIpc) is 2.81. The van der Waals surface area contributed by atoms with Crippen LogP contribution >= 0.6 is 38.6 Å². The molecule has 1 atom stereocenters. The van der Waals surface area contributed by atoms with E-state index in [0.29, 0.717) is 6.04 Å². The molecule has 1 N–H and O–H groups in total. The van der Waals surface area contributed by atoms with E-state index >= 15 is 0 Å². The van der Waals surface area contributed by atoms with Crippen molar-refractivity contribution >= 4 is 38.6 Å². The Kier molecular flexibility index (Phi) is 4.64. The fourth-order valence-corrected chi connectivity index (χ4v) is 4.79. The summed E-state index contributed by atoms with van der Waals surface area (Å²) in [7, 11) is 0. The van der Waals surface area contributed by atoms with Gasteiger partial charge in [-0.05, 0) is 66.5 Å². The largest absolute Gasteiger partial charge is 0.305 e. The molecule has 0 aromatic carbocycles. The van der Waals surface area contributed by atoms with Gasteiger partial charge in [-0.3, -0.25) is 0 Å². The van der Waals surface area contributed by atoms with Gasteiger partial charge in [0.1, 0.15) is 0 Å². The molecule has 0 fully saturated rings. The van der Waals surface area contributed by atoms with Gasteiger partial charge in [-0.2, -0.15) is 0 Å². The average molecular weight is 344 g/mol. The standard InChI is InChI=1S/C14H18BrNS2/c1-5-16-13(11-6-8(2)10(4)17-11)12-7-9(3)14(15)18-12/h6-7,13,16H,5H2,1-4H3. The number of aryl methyl sites for hydroxylation is 3. The number of hydrogen-bond acceptors (Lipinski definition) is 3. The van der Waals surface area contributed by atoms with Crippen molar-refractivity contribution in [2.75, 3.05) is 6.54 Å². The number of rotatable bonds is 4. The molecule has 1 nitrogen and oxygen atoms in total. The fraction of sp³-hybridized carbons (Fsp3) is 0.429. The van der Waals surface area contributed by atoms with Gasteiger partial charge in [0.05, 0.1) is 9.83 Å². The molecular weight excluding hydrogens is 326 g/mol. The van der Waals surface area contributed by atoms with E-state index in [2.05, 4.69) is 61.1 Å². The quantitative estimate of drug-likeness (QED) is 0.804. The van der Waals surface area contributed by atoms with Crippen molar-refractivity contribution in [3.05, 3.63) is 41.7 Å². The lowest BCUT2D eigenvalue weighted by molar-refractivity contribution is 0.648. The highest BCUT2D eigenvalue weighted by atomic mass is 79.9. The van der Waals surface area contributed by atoms with Crippen LogP contribution in [0.25, 0.3) is 0 Å². The molecule has 0 aliphatic carbocycles. The summed E-state index contributed by atoms with van der Waals surface area (Å²) < 4.78 is 1.24. The van der Waals surface area contributed by atoms with E-state index in [1.54, 1.807) is 0 Å². The van der Waals surface area contributed by atoms with E-state index in [1.165, 1.54) is 29.5 Å². The van der Waals surface area contributed by atoms with Crippen LogP contribution in [0.5, 0.6) is 0 Å². The molecule has 18 heavy (non-hydrogen) atoms. The van der Waals surface area contributed by atoms with Crippen LogP contribution in [0.1, 0.15) is 38.7 Å². The molecule has 0 saturated heterocycles. The van der Waals surface area contributed by atoms with E-state index in [-0.39, 0.29) is 0 Å². The van der Waals surface area contributed by atoms with Gasteiger partial charge in [-0.15, -0.1) is 22.7 Å². The molecule has 2 aromatic heterocycles. The lowest BCUT2D eigenvalue weighted by Crippen LogP contribution is -2.20. The first-order chi connectivity index (χ1) is 8.52. The van der Waals surface area contributed by atoms with E-state index in [4.69, 9.17) is 0 Å². The van der Waals surface area contributed by atoms with Crippen molar-refractivity contribution in [1.29, 1.82) is 0 Å². The Balaban J connectivity index is 2.39. The third-order valence-corrected chi connectivity index (χ3v) is 6.46. The fourth-order valence-electron chi connectivity index (χ4n) is 1.92. The van der Waals surface area contributed by atoms with Gasteiger partial charge >= 0.3 is 0 Å². The molecule has 0 bridgehead atoms. The highest BCUT2D eigenvalue weighted by Gasteiger charge is 2.19. The van der Waals surface area contributed by atoms with Crippen molar-refractivity contribution in [2.45, 2.75) is 33.7 Å². The summed E-state index contributed by atoms with van der Waals surface area (Å²) >= 11 is 7.36. The zero-order valence-corrected chi connectivity index (χ0v) is 14.4. The number of hydrogen-bond donors (Lipinski definition) is 1. The zero-order chi connectivity index (χ0) is 13.3. The summed E-state index contributed by atoms with van der Waals surface area (Å²) in [5.41, 5.74) is 2.72. The molecule has 2 aromatic rings.